The minimum atomic E-state index is -0.837. The zero-order chi connectivity index (χ0) is 22.8. The first-order valence-electron chi connectivity index (χ1n) is 9.65. The smallest absolute Gasteiger partial charge is 0.248 e. The van der Waals surface area contributed by atoms with E-state index in [1.807, 2.05) is 0 Å². The lowest BCUT2D eigenvalue weighted by Crippen LogP contribution is -2.07. The number of aromatic amines is 1. The predicted octanol–water partition coefficient (Wildman–Crippen LogP) is 5.84. The highest BCUT2D eigenvalue weighted by atomic mass is 19.1. The van der Waals surface area contributed by atoms with Gasteiger partial charge in [0, 0.05) is 51.8 Å². The Labute approximate surface area is 181 Å². The van der Waals surface area contributed by atoms with Gasteiger partial charge in [-0.15, -0.1) is 0 Å². The number of methoxy groups -OCH3 is 1. The Hall–Kier alpha value is -4.07. The van der Waals surface area contributed by atoms with Crippen LogP contribution in [0.3, 0.4) is 0 Å². The average molecular weight is 437 g/mol. The normalized spacial score (nSPS) is 11.3. The number of halogens is 3. The molecule has 0 saturated carbocycles. The SMILES string of the molecule is C/C=C/C(=O)Nc1ccc(F)c(-c2cnc3[nH]cc(-c4cc(F)cc(F)c4OC)c3c2)c1. The number of amides is 1. The van der Waals surface area contributed by atoms with Crippen LogP contribution in [0.5, 0.6) is 5.75 Å². The van der Waals surface area contributed by atoms with E-state index < -0.39 is 17.5 Å². The van der Waals surface area contributed by atoms with Gasteiger partial charge in [0.25, 0.3) is 0 Å². The summed E-state index contributed by atoms with van der Waals surface area (Å²) in [7, 11) is 1.29. The number of aromatic nitrogens is 2. The lowest BCUT2D eigenvalue weighted by molar-refractivity contribution is -0.111. The number of pyridine rings is 1. The van der Waals surface area contributed by atoms with E-state index in [1.54, 1.807) is 25.3 Å². The molecule has 8 heteroatoms. The summed E-state index contributed by atoms with van der Waals surface area (Å²) in [4.78, 5) is 19.1. The number of H-pyrrole nitrogens is 1. The molecule has 0 unspecified atom stereocenters. The number of carbonyl (C=O) groups excluding carboxylic acids is 1. The van der Waals surface area contributed by atoms with Crippen LogP contribution in [0, 0.1) is 17.5 Å². The zero-order valence-electron chi connectivity index (χ0n) is 17.2. The van der Waals surface area contributed by atoms with E-state index in [0.717, 1.165) is 12.1 Å². The van der Waals surface area contributed by atoms with Crippen LogP contribution in [-0.2, 0) is 4.79 Å². The molecule has 0 aliphatic heterocycles. The van der Waals surface area contributed by atoms with Gasteiger partial charge in [-0.25, -0.2) is 18.2 Å². The van der Waals surface area contributed by atoms with Gasteiger partial charge in [0.05, 0.1) is 7.11 Å². The fourth-order valence-corrected chi connectivity index (χ4v) is 3.50. The molecule has 2 heterocycles. The quantitative estimate of drug-likeness (QED) is 0.386. The van der Waals surface area contributed by atoms with Crippen molar-refractivity contribution in [2.45, 2.75) is 6.92 Å². The predicted molar refractivity (Wildman–Crippen MR) is 117 cm³/mol. The standard InChI is InChI=1S/C24H18F3N3O2/c1-3-4-22(31)30-15-5-6-20(26)16(10-15)13-7-18-19(12-29-24(18)28-11-13)17-8-14(25)9-21(27)23(17)32-2/h3-12H,1-2H3,(H,28,29)(H,30,31)/b4-3+. The van der Waals surface area contributed by atoms with Crippen molar-refractivity contribution < 1.29 is 22.7 Å². The Bertz CT molecular complexity index is 1360. The van der Waals surface area contributed by atoms with Crippen LogP contribution in [0.4, 0.5) is 18.9 Å². The molecule has 0 saturated heterocycles. The van der Waals surface area contributed by atoms with Crippen LogP contribution in [0.15, 0.2) is 60.9 Å². The van der Waals surface area contributed by atoms with Crippen LogP contribution in [0.25, 0.3) is 33.3 Å². The van der Waals surface area contributed by atoms with E-state index >= 15 is 0 Å². The summed E-state index contributed by atoms with van der Waals surface area (Å²) in [6.45, 7) is 1.71. The van der Waals surface area contributed by atoms with Gasteiger partial charge in [-0.1, -0.05) is 6.08 Å². The van der Waals surface area contributed by atoms with E-state index in [-0.39, 0.29) is 22.8 Å². The van der Waals surface area contributed by atoms with Crippen LogP contribution < -0.4 is 10.1 Å². The number of carbonyl (C=O) groups is 1. The van der Waals surface area contributed by atoms with Crippen LogP contribution >= 0.6 is 0 Å². The van der Waals surface area contributed by atoms with E-state index in [9.17, 15) is 18.0 Å². The van der Waals surface area contributed by atoms with Crippen molar-refractivity contribution in [2.24, 2.45) is 0 Å². The Morgan fingerprint density at radius 2 is 1.88 bits per heavy atom. The summed E-state index contributed by atoms with van der Waals surface area (Å²) in [5.41, 5.74) is 2.14. The molecular formula is C24H18F3N3O2. The first-order valence-corrected chi connectivity index (χ1v) is 9.65. The summed E-state index contributed by atoms with van der Waals surface area (Å²) >= 11 is 0. The highest BCUT2D eigenvalue weighted by Crippen LogP contribution is 2.38. The Morgan fingerprint density at radius 3 is 2.62 bits per heavy atom. The maximum absolute atomic E-state index is 14.6. The number of hydrogen-bond acceptors (Lipinski definition) is 3. The third kappa shape index (κ3) is 3.94. The van der Waals surface area contributed by atoms with Crippen molar-refractivity contribution in [1.82, 2.24) is 9.97 Å². The van der Waals surface area contributed by atoms with Gasteiger partial charge in [0.15, 0.2) is 11.6 Å². The minimum absolute atomic E-state index is 0.113. The topological polar surface area (TPSA) is 67.0 Å². The molecule has 32 heavy (non-hydrogen) atoms. The Kier molecular flexibility index (Phi) is 5.68. The van der Waals surface area contributed by atoms with Crippen molar-refractivity contribution in [1.29, 1.82) is 0 Å². The average Bonchev–Trinajstić information content (AvgIpc) is 3.18. The van der Waals surface area contributed by atoms with Gasteiger partial charge in [0.2, 0.25) is 5.91 Å². The third-order valence-electron chi connectivity index (χ3n) is 4.90. The van der Waals surface area contributed by atoms with Crippen LogP contribution in [-0.4, -0.2) is 23.0 Å². The summed E-state index contributed by atoms with van der Waals surface area (Å²) in [5, 5.41) is 3.18. The minimum Gasteiger partial charge on any atom is -0.493 e. The summed E-state index contributed by atoms with van der Waals surface area (Å²) < 4.78 is 47.9. The van der Waals surface area contributed by atoms with Crippen LogP contribution in [0.2, 0.25) is 0 Å². The third-order valence-corrected chi connectivity index (χ3v) is 4.90. The lowest BCUT2D eigenvalue weighted by Gasteiger charge is -2.10. The first-order chi connectivity index (χ1) is 15.4. The molecule has 0 spiro atoms. The number of ether oxygens (including phenoxy) is 1. The number of nitrogens with one attached hydrogen (secondary N) is 2. The molecule has 0 atom stereocenters. The van der Waals surface area contributed by atoms with Gasteiger partial charge in [-0.05, 0) is 43.3 Å². The number of anilines is 1. The van der Waals surface area contributed by atoms with Crippen LogP contribution in [0.1, 0.15) is 6.92 Å². The Morgan fingerprint density at radius 1 is 1.06 bits per heavy atom. The summed E-state index contributed by atoms with van der Waals surface area (Å²) in [6, 6.07) is 7.75. The molecule has 0 aliphatic carbocycles. The lowest BCUT2D eigenvalue weighted by atomic mass is 10.0. The highest BCUT2D eigenvalue weighted by molar-refractivity contribution is 6.00. The molecule has 0 radical (unpaired) electrons. The van der Waals surface area contributed by atoms with Crippen molar-refractivity contribution in [3.8, 4) is 28.0 Å². The number of rotatable bonds is 5. The number of hydrogen-bond donors (Lipinski definition) is 2. The molecule has 0 bridgehead atoms. The second-order valence-electron chi connectivity index (χ2n) is 6.97. The van der Waals surface area contributed by atoms with Crippen molar-refractivity contribution in [3.63, 3.8) is 0 Å². The van der Waals surface area contributed by atoms with E-state index in [0.29, 0.717) is 27.8 Å². The van der Waals surface area contributed by atoms with Gasteiger partial charge < -0.3 is 15.0 Å². The number of benzene rings is 2. The fourth-order valence-electron chi connectivity index (χ4n) is 3.50. The largest absolute Gasteiger partial charge is 0.493 e. The van der Waals surface area contributed by atoms with Crippen molar-refractivity contribution in [2.75, 3.05) is 12.4 Å². The molecule has 2 aromatic carbocycles. The number of allylic oxidation sites excluding steroid dienone is 1. The summed E-state index contributed by atoms with van der Waals surface area (Å²) in [6.07, 6.45) is 5.98. The molecule has 4 aromatic rings. The van der Waals surface area contributed by atoms with E-state index in [2.05, 4.69) is 15.3 Å². The Balaban J connectivity index is 1.84. The first kappa shape index (κ1) is 21.2. The molecular weight excluding hydrogens is 419 g/mol. The second-order valence-corrected chi connectivity index (χ2v) is 6.97. The zero-order valence-corrected chi connectivity index (χ0v) is 17.2. The molecule has 162 valence electrons. The van der Waals surface area contributed by atoms with Crippen molar-refractivity contribution >= 4 is 22.6 Å². The molecule has 2 N–H and O–H groups in total. The summed E-state index contributed by atoms with van der Waals surface area (Å²) in [5.74, 6) is -2.56. The van der Waals surface area contributed by atoms with Gasteiger partial charge >= 0.3 is 0 Å². The fraction of sp³-hybridized carbons (Fsp3) is 0.0833. The monoisotopic (exact) mass is 437 g/mol. The highest BCUT2D eigenvalue weighted by Gasteiger charge is 2.18. The van der Waals surface area contributed by atoms with E-state index in [4.69, 9.17) is 4.74 Å². The molecule has 1 amide bonds. The molecule has 4 rings (SSSR count). The maximum Gasteiger partial charge on any atom is 0.248 e. The molecule has 5 nitrogen and oxygen atoms in total. The van der Waals surface area contributed by atoms with E-state index in [1.165, 1.54) is 37.6 Å². The number of fused-ring (bicyclic) bond motifs is 1. The van der Waals surface area contributed by atoms with Gasteiger partial charge in [-0.2, -0.15) is 0 Å². The maximum atomic E-state index is 14.6. The molecule has 0 aliphatic rings. The number of nitrogens with zero attached hydrogens (tertiary/aromatic N) is 1. The second kappa shape index (κ2) is 8.58. The molecule has 0 fully saturated rings. The van der Waals surface area contributed by atoms with Crippen molar-refractivity contribution in [3.05, 3.63) is 78.4 Å². The van der Waals surface area contributed by atoms with Gasteiger partial charge in [0.1, 0.15) is 17.3 Å². The molecule has 2 aromatic heterocycles. The van der Waals surface area contributed by atoms with Gasteiger partial charge in [-0.3, -0.25) is 4.79 Å².